The Bertz CT molecular complexity index is 1550. The van der Waals surface area contributed by atoms with E-state index in [1.165, 1.54) is 25.2 Å². The van der Waals surface area contributed by atoms with Gasteiger partial charge in [-0.1, -0.05) is 0 Å². The largest absolute Gasteiger partial charge is 0.328 e. The molecule has 174 valence electrons. The lowest BCUT2D eigenvalue weighted by Gasteiger charge is -2.21. The summed E-state index contributed by atoms with van der Waals surface area (Å²) in [6, 6.07) is 11.4. The molecule has 0 fully saturated rings. The molecule has 1 aliphatic rings. The number of carbonyl (C=O) groups is 1. The third-order valence-corrected chi connectivity index (χ3v) is 6.90. The van der Waals surface area contributed by atoms with E-state index in [1.807, 2.05) is 28.8 Å². The van der Waals surface area contributed by atoms with Crippen LogP contribution in [-0.4, -0.2) is 42.2 Å². The van der Waals surface area contributed by atoms with E-state index in [2.05, 4.69) is 20.6 Å². The molecule has 0 saturated carbocycles. The van der Waals surface area contributed by atoms with Gasteiger partial charge in [-0.3, -0.25) is 9.10 Å². The first-order valence-electron chi connectivity index (χ1n) is 10.4. The smallest absolute Gasteiger partial charge is 0.232 e. The van der Waals surface area contributed by atoms with Crippen LogP contribution in [0.15, 0.2) is 54.9 Å². The van der Waals surface area contributed by atoms with E-state index in [1.54, 1.807) is 12.4 Å². The average molecular weight is 481 g/mol. The molecule has 1 amide bonds. The fourth-order valence-corrected chi connectivity index (χ4v) is 4.48. The van der Waals surface area contributed by atoms with Crippen molar-refractivity contribution < 1.29 is 17.6 Å². The van der Waals surface area contributed by atoms with Crippen LogP contribution in [0.2, 0.25) is 0 Å². The highest BCUT2D eigenvalue weighted by Gasteiger charge is 2.19. The molecular formula is C23H21FN6O3S. The minimum Gasteiger partial charge on any atom is -0.328 e. The second-order valence-corrected chi connectivity index (χ2v) is 10.2. The lowest BCUT2D eigenvalue weighted by atomic mass is 10.1. The molecule has 2 aromatic carbocycles. The molecule has 34 heavy (non-hydrogen) atoms. The van der Waals surface area contributed by atoms with Crippen molar-refractivity contribution in [1.29, 1.82) is 0 Å². The number of sulfonamides is 1. The van der Waals surface area contributed by atoms with Crippen molar-refractivity contribution in [1.82, 2.24) is 14.5 Å². The standard InChI is InChI=1S/C23H21FN6O3S/c1-29(34(2,32)33)20-6-3-17(24)9-16(20)13-30-8-7-14-12-25-23(28-22(14)30)26-18-4-5-19-15(10-18)11-21(31)27-19/h3-10,12H,11,13H2,1-2H3,(H,27,31)(H,25,26,28). The third-order valence-electron chi connectivity index (χ3n) is 5.71. The SMILES string of the molecule is CN(c1ccc(F)cc1Cn1ccc2cnc(Nc3ccc4c(c3)CC(=O)N4)nc21)S(C)(=O)=O. The van der Waals surface area contributed by atoms with Crippen LogP contribution in [0.1, 0.15) is 11.1 Å². The van der Waals surface area contributed by atoms with Gasteiger partial charge >= 0.3 is 0 Å². The van der Waals surface area contributed by atoms with Crippen molar-refractivity contribution in [2.45, 2.75) is 13.0 Å². The molecule has 0 unspecified atom stereocenters. The normalized spacial score (nSPS) is 13.1. The van der Waals surface area contributed by atoms with Crippen LogP contribution < -0.4 is 14.9 Å². The highest BCUT2D eigenvalue weighted by molar-refractivity contribution is 7.92. The van der Waals surface area contributed by atoms with E-state index in [0.717, 1.165) is 32.9 Å². The second kappa shape index (κ2) is 8.10. The van der Waals surface area contributed by atoms with Crippen LogP contribution in [0, 0.1) is 5.82 Å². The van der Waals surface area contributed by atoms with Gasteiger partial charge in [0, 0.05) is 36.2 Å². The number of fused-ring (bicyclic) bond motifs is 2. The summed E-state index contributed by atoms with van der Waals surface area (Å²) in [4.78, 5) is 20.6. The van der Waals surface area contributed by atoms with Gasteiger partial charge < -0.3 is 15.2 Å². The zero-order chi connectivity index (χ0) is 24.0. The predicted octanol–water partition coefficient (Wildman–Crippen LogP) is 3.25. The molecule has 0 spiro atoms. The fourth-order valence-electron chi connectivity index (χ4n) is 3.94. The van der Waals surface area contributed by atoms with E-state index in [0.29, 0.717) is 29.3 Å². The van der Waals surface area contributed by atoms with Crippen LogP contribution in [0.5, 0.6) is 0 Å². The van der Waals surface area contributed by atoms with Crippen LogP contribution in [-0.2, 0) is 27.8 Å². The van der Waals surface area contributed by atoms with Crippen molar-refractivity contribution in [2.24, 2.45) is 0 Å². The van der Waals surface area contributed by atoms with E-state index in [4.69, 9.17) is 0 Å². The molecule has 0 radical (unpaired) electrons. The number of aromatic nitrogens is 3. The minimum absolute atomic E-state index is 0.0408. The number of nitrogens with zero attached hydrogens (tertiary/aromatic N) is 4. The molecule has 2 N–H and O–H groups in total. The minimum atomic E-state index is -3.52. The summed E-state index contributed by atoms with van der Waals surface area (Å²) in [6.45, 7) is 0.208. The Kier molecular flexibility index (Phi) is 5.20. The van der Waals surface area contributed by atoms with Crippen molar-refractivity contribution >= 4 is 50.0 Å². The molecule has 0 atom stereocenters. The van der Waals surface area contributed by atoms with E-state index in [9.17, 15) is 17.6 Å². The fraction of sp³-hybridized carbons (Fsp3) is 0.174. The van der Waals surface area contributed by atoms with Gasteiger partial charge in [-0.2, -0.15) is 4.98 Å². The van der Waals surface area contributed by atoms with Crippen molar-refractivity contribution in [3.63, 3.8) is 0 Å². The van der Waals surface area contributed by atoms with Gasteiger partial charge in [-0.15, -0.1) is 0 Å². The Morgan fingerprint density at radius 2 is 2.03 bits per heavy atom. The zero-order valence-electron chi connectivity index (χ0n) is 18.4. The van der Waals surface area contributed by atoms with Crippen molar-refractivity contribution in [3.05, 3.63) is 71.8 Å². The Balaban J connectivity index is 1.46. The summed E-state index contributed by atoms with van der Waals surface area (Å²) in [5.41, 5.74) is 3.93. The highest BCUT2D eigenvalue weighted by Crippen LogP contribution is 2.28. The van der Waals surface area contributed by atoms with Crippen LogP contribution >= 0.6 is 0 Å². The molecule has 0 aliphatic carbocycles. The average Bonchev–Trinajstić information content (AvgIpc) is 3.34. The molecule has 0 bridgehead atoms. The number of halogens is 1. The molecule has 9 nitrogen and oxygen atoms in total. The molecule has 4 aromatic rings. The number of rotatable bonds is 6. The molecular weight excluding hydrogens is 459 g/mol. The number of nitrogens with one attached hydrogen (secondary N) is 2. The highest BCUT2D eigenvalue weighted by atomic mass is 32.2. The quantitative estimate of drug-likeness (QED) is 0.439. The number of benzene rings is 2. The number of carbonyl (C=O) groups excluding carboxylic acids is 1. The summed E-state index contributed by atoms with van der Waals surface area (Å²) in [7, 11) is -2.09. The Labute approximate surface area is 195 Å². The Morgan fingerprint density at radius 1 is 1.21 bits per heavy atom. The molecule has 3 heterocycles. The monoisotopic (exact) mass is 480 g/mol. The Hall–Kier alpha value is -3.99. The first-order valence-corrected chi connectivity index (χ1v) is 12.3. The second-order valence-electron chi connectivity index (χ2n) is 8.14. The van der Waals surface area contributed by atoms with Gasteiger partial charge in [0.2, 0.25) is 21.9 Å². The number of anilines is 4. The summed E-state index contributed by atoms with van der Waals surface area (Å²) in [5, 5.41) is 6.74. The van der Waals surface area contributed by atoms with Crippen LogP contribution in [0.4, 0.5) is 27.4 Å². The van der Waals surface area contributed by atoms with Crippen LogP contribution in [0.3, 0.4) is 0 Å². The number of hydrogen-bond donors (Lipinski definition) is 2. The lowest BCUT2D eigenvalue weighted by molar-refractivity contribution is -0.115. The lowest BCUT2D eigenvalue weighted by Crippen LogP contribution is -2.26. The molecule has 11 heteroatoms. The Morgan fingerprint density at radius 3 is 2.82 bits per heavy atom. The van der Waals surface area contributed by atoms with E-state index < -0.39 is 15.8 Å². The summed E-state index contributed by atoms with van der Waals surface area (Å²) in [6.07, 6.45) is 4.90. The van der Waals surface area contributed by atoms with Crippen LogP contribution in [0.25, 0.3) is 11.0 Å². The maximum atomic E-state index is 14.0. The molecule has 1 aliphatic heterocycles. The van der Waals surface area contributed by atoms with Gasteiger partial charge in [0.15, 0.2) is 0 Å². The zero-order valence-corrected chi connectivity index (χ0v) is 19.2. The first kappa shape index (κ1) is 21.8. The number of hydrogen-bond acceptors (Lipinski definition) is 6. The summed E-state index contributed by atoms with van der Waals surface area (Å²) >= 11 is 0. The number of amides is 1. The van der Waals surface area contributed by atoms with E-state index >= 15 is 0 Å². The topological polar surface area (TPSA) is 109 Å². The maximum absolute atomic E-state index is 14.0. The van der Waals surface area contributed by atoms with Gasteiger partial charge in [-0.25, -0.2) is 17.8 Å². The third kappa shape index (κ3) is 4.17. The van der Waals surface area contributed by atoms with E-state index in [-0.39, 0.29) is 12.5 Å². The van der Waals surface area contributed by atoms with Gasteiger partial charge in [0.25, 0.3) is 0 Å². The van der Waals surface area contributed by atoms with Gasteiger partial charge in [0.1, 0.15) is 11.5 Å². The van der Waals surface area contributed by atoms with Crippen molar-refractivity contribution in [3.8, 4) is 0 Å². The van der Waals surface area contributed by atoms with Gasteiger partial charge in [-0.05, 0) is 53.6 Å². The van der Waals surface area contributed by atoms with Crippen molar-refractivity contribution in [2.75, 3.05) is 28.2 Å². The maximum Gasteiger partial charge on any atom is 0.232 e. The first-order chi connectivity index (χ1) is 16.2. The summed E-state index contributed by atoms with van der Waals surface area (Å²) < 4.78 is 41.1. The molecule has 0 saturated heterocycles. The van der Waals surface area contributed by atoms with Gasteiger partial charge in [0.05, 0.1) is 24.9 Å². The predicted molar refractivity (Wildman–Crippen MR) is 128 cm³/mol. The summed E-state index contributed by atoms with van der Waals surface area (Å²) in [5.74, 6) is -0.142. The molecule has 2 aromatic heterocycles. The molecule has 5 rings (SSSR count).